The van der Waals surface area contributed by atoms with Gasteiger partial charge in [0.15, 0.2) is 0 Å². The van der Waals surface area contributed by atoms with Gasteiger partial charge in [-0.1, -0.05) is 0 Å². The Bertz CT molecular complexity index is 122. The van der Waals surface area contributed by atoms with Crippen molar-refractivity contribution in [3.05, 3.63) is 0 Å². The van der Waals surface area contributed by atoms with Crippen LogP contribution in [0, 0.1) is 0 Å². The summed E-state index contributed by atoms with van der Waals surface area (Å²) in [5.41, 5.74) is 0. The summed E-state index contributed by atoms with van der Waals surface area (Å²) in [5, 5.41) is 2.70. The SMILES string of the molecule is CCNC(=O)NC(F)(F)F. The molecule has 0 spiro atoms. The van der Waals surface area contributed by atoms with E-state index in [2.05, 4.69) is 0 Å². The summed E-state index contributed by atoms with van der Waals surface area (Å²) in [7, 11) is 0. The van der Waals surface area contributed by atoms with Gasteiger partial charge in [-0.15, -0.1) is 0 Å². The maximum Gasteiger partial charge on any atom is 0.485 e. The largest absolute Gasteiger partial charge is 0.485 e. The number of urea groups is 1. The van der Waals surface area contributed by atoms with E-state index in [0.717, 1.165) is 5.32 Å². The number of rotatable bonds is 1. The Balaban J connectivity index is 3.58. The van der Waals surface area contributed by atoms with E-state index in [-0.39, 0.29) is 6.54 Å². The highest BCUT2D eigenvalue weighted by Crippen LogP contribution is 2.08. The predicted octanol–water partition coefficient (Wildman–Crippen LogP) is 0.825. The van der Waals surface area contributed by atoms with Crippen LogP contribution < -0.4 is 10.6 Å². The predicted molar refractivity (Wildman–Crippen MR) is 28.3 cm³/mol. The Morgan fingerprint density at radius 2 is 2.00 bits per heavy atom. The van der Waals surface area contributed by atoms with Crippen LogP contribution in [-0.4, -0.2) is 18.9 Å². The number of carbonyl (C=O) groups excluding carboxylic acids is 1. The first-order chi connectivity index (χ1) is 4.45. The van der Waals surface area contributed by atoms with Crippen LogP contribution in [0.2, 0.25) is 0 Å². The van der Waals surface area contributed by atoms with Gasteiger partial charge < -0.3 is 5.32 Å². The van der Waals surface area contributed by atoms with Crippen molar-refractivity contribution in [3.63, 3.8) is 0 Å². The fraction of sp³-hybridized carbons (Fsp3) is 0.750. The summed E-state index contributed by atoms with van der Waals surface area (Å²) in [6, 6.07) is -1.23. The fourth-order valence-corrected chi connectivity index (χ4v) is 0.333. The van der Waals surface area contributed by atoms with Gasteiger partial charge in [-0.25, -0.2) is 10.1 Å². The molecule has 0 fully saturated rings. The summed E-state index contributed by atoms with van der Waals surface area (Å²) in [6.45, 7) is 1.69. The van der Waals surface area contributed by atoms with Gasteiger partial charge in [0.05, 0.1) is 0 Å². The third-order valence-electron chi connectivity index (χ3n) is 0.593. The maximum absolute atomic E-state index is 11.3. The highest BCUT2D eigenvalue weighted by molar-refractivity contribution is 5.73. The molecule has 10 heavy (non-hydrogen) atoms. The smallest absolute Gasteiger partial charge is 0.338 e. The average Bonchev–Trinajstić information content (AvgIpc) is 1.59. The second kappa shape index (κ2) is 3.28. The van der Waals surface area contributed by atoms with Crippen LogP contribution in [0.3, 0.4) is 0 Å². The Kier molecular flexibility index (Phi) is 2.98. The van der Waals surface area contributed by atoms with E-state index >= 15 is 0 Å². The van der Waals surface area contributed by atoms with Crippen LogP contribution in [-0.2, 0) is 0 Å². The molecule has 0 aromatic rings. The molecule has 0 saturated carbocycles. The number of alkyl halides is 3. The Hall–Kier alpha value is -0.940. The molecular weight excluding hydrogens is 149 g/mol. The molecule has 0 heterocycles. The topological polar surface area (TPSA) is 41.1 Å². The first kappa shape index (κ1) is 9.06. The molecular formula is C4H7F3N2O. The van der Waals surface area contributed by atoms with Crippen molar-refractivity contribution in [1.29, 1.82) is 0 Å². The molecule has 0 saturated heterocycles. The number of amides is 2. The highest BCUT2D eigenvalue weighted by atomic mass is 19.4. The molecule has 0 rings (SSSR count). The molecule has 0 aromatic carbocycles. The lowest BCUT2D eigenvalue weighted by Crippen LogP contribution is -2.43. The zero-order valence-electron chi connectivity index (χ0n) is 5.25. The quantitative estimate of drug-likeness (QED) is 0.542. The van der Waals surface area contributed by atoms with Crippen molar-refractivity contribution in [2.75, 3.05) is 6.54 Å². The van der Waals surface area contributed by atoms with Gasteiger partial charge in [0.2, 0.25) is 0 Å². The lowest BCUT2D eigenvalue weighted by Gasteiger charge is -2.07. The Morgan fingerprint density at radius 3 is 2.30 bits per heavy atom. The van der Waals surface area contributed by atoms with E-state index < -0.39 is 12.3 Å². The van der Waals surface area contributed by atoms with Crippen molar-refractivity contribution >= 4 is 6.03 Å². The van der Waals surface area contributed by atoms with Crippen molar-refractivity contribution in [1.82, 2.24) is 10.6 Å². The summed E-state index contributed by atoms with van der Waals surface area (Å²) in [6.07, 6.45) is -4.64. The molecule has 60 valence electrons. The third-order valence-corrected chi connectivity index (χ3v) is 0.593. The normalized spacial score (nSPS) is 10.8. The molecule has 0 aromatic heterocycles. The van der Waals surface area contributed by atoms with Crippen LogP contribution in [0.1, 0.15) is 6.92 Å². The van der Waals surface area contributed by atoms with Crippen LogP contribution >= 0.6 is 0 Å². The lowest BCUT2D eigenvalue weighted by atomic mass is 10.7. The van der Waals surface area contributed by atoms with E-state index in [1.54, 1.807) is 0 Å². The van der Waals surface area contributed by atoms with Crippen molar-refractivity contribution in [3.8, 4) is 0 Å². The Morgan fingerprint density at radius 1 is 1.50 bits per heavy atom. The molecule has 2 amide bonds. The molecule has 0 bridgehead atoms. The minimum atomic E-state index is -4.64. The van der Waals surface area contributed by atoms with Gasteiger partial charge in [-0.05, 0) is 6.92 Å². The van der Waals surface area contributed by atoms with Crippen LogP contribution in [0.5, 0.6) is 0 Å². The number of nitrogens with one attached hydrogen (secondary N) is 2. The van der Waals surface area contributed by atoms with E-state index in [1.807, 2.05) is 5.32 Å². The number of hydrogen-bond donors (Lipinski definition) is 2. The first-order valence-corrected chi connectivity index (χ1v) is 2.58. The molecule has 0 aliphatic carbocycles. The summed E-state index contributed by atoms with van der Waals surface area (Å²) in [5.74, 6) is 0. The molecule has 6 heteroatoms. The van der Waals surface area contributed by atoms with Gasteiger partial charge in [0.1, 0.15) is 0 Å². The number of hydrogen-bond acceptors (Lipinski definition) is 1. The number of halogens is 3. The van der Waals surface area contributed by atoms with E-state index in [0.29, 0.717) is 0 Å². The van der Waals surface area contributed by atoms with Gasteiger partial charge in [-0.3, -0.25) is 0 Å². The molecule has 0 atom stereocenters. The summed E-state index contributed by atoms with van der Waals surface area (Å²) >= 11 is 0. The van der Waals surface area contributed by atoms with Crippen molar-refractivity contribution < 1.29 is 18.0 Å². The van der Waals surface area contributed by atoms with Crippen molar-refractivity contribution in [2.45, 2.75) is 13.2 Å². The van der Waals surface area contributed by atoms with Crippen LogP contribution in [0.25, 0.3) is 0 Å². The zero-order valence-corrected chi connectivity index (χ0v) is 5.25. The number of carbonyl (C=O) groups is 1. The van der Waals surface area contributed by atoms with Crippen molar-refractivity contribution in [2.24, 2.45) is 0 Å². The second-order valence-electron chi connectivity index (χ2n) is 1.48. The minimum Gasteiger partial charge on any atom is -0.338 e. The summed E-state index contributed by atoms with van der Waals surface area (Å²) in [4.78, 5) is 10.1. The summed E-state index contributed by atoms with van der Waals surface area (Å²) < 4.78 is 33.8. The van der Waals surface area contributed by atoms with Crippen LogP contribution in [0.15, 0.2) is 0 Å². The van der Waals surface area contributed by atoms with Gasteiger partial charge in [-0.2, -0.15) is 13.2 Å². The first-order valence-electron chi connectivity index (χ1n) is 2.58. The van der Waals surface area contributed by atoms with E-state index in [1.165, 1.54) is 6.92 Å². The highest BCUT2D eigenvalue weighted by Gasteiger charge is 2.29. The lowest BCUT2D eigenvalue weighted by molar-refractivity contribution is -0.145. The van der Waals surface area contributed by atoms with Gasteiger partial charge in [0, 0.05) is 6.54 Å². The Labute approximate surface area is 55.6 Å². The van der Waals surface area contributed by atoms with E-state index in [4.69, 9.17) is 0 Å². The van der Waals surface area contributed by atoms with E-state index in [9.17, 15) is 18.0 Å². The molecule has 0 radical (unpaired) electrons. The second-order valence-corrected chi connectivity index (χ2v) is 1.48. The molecule has 2 N–H and O–H groups in total. The zero-order chi connectivity index (χ0) is 8.20. The standard InChI is InChI=1S/C4H7F3N2O/c1-2-8-3(10)9-4(5,6)7/h2H2,1H3,(H2,8,9,10). The maximum atomic E-state index is 11.3. The van der Waals surface area contributed by atoms with Gasteiger partial charge in [0.25, 0.3) is 0 Å². The van der Waals surface area contributed by atoms with Gasteiger partial charge >= 0.3 is 12.3 Å². The molecule has 0 unspecified atom stereocenters. The van der Waals surface area contributed by atoms with Crippen LogP contribution in [0.4, 0.5) is 18.0 Å². The minimum absolute atomic E-state index is 0.169. The molecule has 0 aliphatic heterocycles. The fourth-order valence-electron chi connectivity index (χ4n) is 0.333. The molecule has 3 nitrogen and oxygen atoms in total. The third kappa shape index (κ3) is 5.20. The molecule has 0 aliphatic rings. The monoisotopic (exact) mass is 156 g/mol. The average molecular weight is 156 g/mol.